The number of carboxylic acid groups (broad SMARTS) is 1. The molecule has 106 valence electrons. The van der Waals surface area contributed by atoms with Crippen molar-refractivity contribution in [1.82, 2.24) is 19.7 Å². The molecule has 0 saturated heterocycles. The minimum atomic E-state index is -0.822. The van der Waals surface area contributed by atoms with E-state index in [9.17, 15) is 9.90 Å². The summed E-state index contributed by atoms with van der Waals surface area (Å²) in [5, 5.41) is 13.6. The van der Waals surface area contributed by atoms with E-state index in [-0.39, 0.29) is 11.6 Å². The molecule has 0 unspecified atom stereocenters. The van der Waals surface area contributed by atoms with Crippen LogP contribution in [0.5, 0.6) is 0 Å². The Hall–Kier alpha value is -1.59. The summed E-state index contributed by atoms with van der Waals surface area (Å²) in [4.78, 5) is 17.0. The van der Waals surface area contributed by atoms with Gasteiger partial charge in [-0.05, 0) is 46.5 Å². The maximum Gasteiger partial charge on any atom is 0.407 e. The molecular weight excluding hydrogens is 244 g/mol. The zero-order valence-electron chi connectivity index (χ0n) is 11.8. The summed E-state index contributed by atoms with van der Waals surface area (Å²) in [5.41, 5.74) is -0.351. The van der Waals surface area contributed by atoms with Gasteiger partial charge in [-0.3, -0.25) is 0 Å². The number of rotatable bonds is 2. The average molecular weight is 266 g/mol. The SMILES string of the molecule is CC(C)(C)N(C(=O)O)C1CCC(n2cncn2)CC1. The van der Waals surface area contributed by atoms with Crippen LogP contribution >= 0.6 is 0 Å². The van der Waals surface area contributed by atoms with Crippen LogP contribution in [0, 0.1) is 0 Å². The first kappa shape index (κ1) is 13.8. The fourth-order valence-electron chi connectivity index (χ4n) is 2.98. The number of nitrogens with zero attached hydrogens (tertiary/aromatic N) is 4. The highest BCUT2D eigenvalue weighted by Gasteiger charge is 2.35. The third-order valence-electron chi connectivity index (χ3n) is 3.77. The van der Waals surface area contributed by atoms with Crippen LogP contribution in [-0.2, 0) is 0 Å². The summed E-state index contributed by atoms with van der Waals surface area (Å²) >= 11 is 0. The van der Waals surface area contributed by atoms with Gasteiger partial charge in [-0.25, -0.2) is 14.5 Å². The monoisotopic (exact) mass is 266 g/mol. The van der Waals surface area contributed by atoms with Gasteiger partial charge >= 0.3 is 6.09 Å². The molecular formula is C13H22N4O2. The molecule has 1 aliphatic carbocycles. The van der Waals surface area contributed by atoms with Crippen LogP contribution in [0.15, 0.2) is 12.7 Å². The fraction of sp³-hybridized carbons (Fsp3) is 0.769. The van der Waals surface area contributed by atoms with Crippen molar-refractivity contribution >= 4 is 6.09 Å². The Labute approximate surface area is 113 Å². The number of aromatic nitrogens is 3. The van der Waals surface area contributed by atoms with Gasteiger partial charge in [0.2, 0.25) is 0 Å². The highest BCUT2D eigenvalue weighted by molar-refractivity contribution is 5.66. The van der Waals surface area contributed by atoms with Crippen molar-refractivity contribution in [3.05, 3.63) is 12.7 Å². The molecule has 1 heterocycles. The molecule has 19 heavy (non-hydrogen) atoms. The molecule has 1 aromatic heterocycles. The number of hydrogen-bond acceptors (Lipinski definition) is 3. The second kappa shape index (κ2) is 5.19. The van der Waals surface area contributed by atoms with E-state index in [2.05, 4.69) is 10.1 Å². The normalized spacial score (nSPS) is 24.2. The molecule has 1 fully saturated rings. The Morgan fingerprint density at radius 2 is 1.95 bits per heavy atom. The van der Waals surface area contributed by atoms with Crippen molar-refractivity contribution in [1.29, 1.82) is 0 Å². The smallest absolute Gasteiger partial charge is 0.407 e. The Balaban J connectivity index is 2.00. The van der Waals surface area contributed by atoms with Crippen LogP contribution in [0.3, 0.4) is 0 Å². The minimum absolute atomic E-state index is 0.109. The third-order valence-corrected chi connectivity index (χ3v) is 3.77. The summed E-state index contributed by atoms with van der Waals surface area (Å²) in [5.74, 6) is 0. The highest BCUT2D eigenvalue weighted by Crippen LogP contribution is 2.33. The lowest BCUT2D eigenvalue weighted by molar-refractivity contribution is 0.0504. The van der Waals surface area contributed by atoms with E-state index in [1.807, 2.05) is 25.5 Å². The molecule has 0 aromatic carbocycles. The van der Waals surface area contributed by atoms with Crippen LogP contribution in [0.1, 0.15) is 52.5 Å². The second-order valence-corrected chi connectivity index (χ2v) is 6.16. The first-order valence-electron chi connectivity index (χ1n) is 6.76. The van der Waals surface area contributed by atoms with Crippen molar-refractivity contribution in [2.75, 3.05) is 0 Å². The highest BCUT2D eigenvalue weighted by atomic mass is 16.4. The van der Waals surface area contributed by atoms with E-state index in [4.69, 9.17) is 0 Å². The minimum Gasteiger partial charge on any atom is -0.465 e. The third kappa shape index (κ3) is 3.05. The predicted molar refractivity (Wildman–Crippen MR) is 70.9 cm³/mol. The standard InChI is InChI=1S/C13H22N4O2/c1-13(2,3)17(12(18)19)11-6-4-10(5-7-11)16-9-14-8-15-16/h8-11H,4-7H2,1-3H3,(H,18,19). The largest absolute Gasteiger partial charge is 0.465 e. The summed E-state index contributed by atoms with van der Waals surface area (Å²) in [6, 6.07) is 0.464. The molecule has 6 heteroatoms. The quantitative estimate of drug-likeness (QED) is 0.893. The van der Waals surface area contributed by atoms with Crippen LogP contribution in [0.4, 0.5) is 4.79 Å². The van der Waals surface area contributed by atoms with Gasteiger partial charge in [0.1, 0.15) is 12.7 Å². The number of hydrogen-bond donors (Lipinski definition) is 1. The van der Waals surface area contributed by atoms with Gasteiger partial charge in [-0.15, -0.1) is 0 Å². The number of amides is 1. The lowest BCUT2D eigenvalue weighted by atomic mass is 9.88. The Kier molecular flexibility index (Phi) is 3.78. The van der Waals surface area contributed by atoms with Crippen molar-refractivity contribution in [2.24, 2.45) is 0 Å². The van der Waals surface area contributed by atoms with Crippen molar-refractivity contribution in [3.8, 4) is 0 Å². The van der Waals surface area contributed by atoms with Crippen LogP contribution in [0.25, 0.3) is 0 Å². The van der Waals surface area contributed by atoms with Gasteiger partial charge < -0.3 is 10.0 Å². The van der Waals surface area contributed by atoms with Crippen molar-refractivity contribution < 1.29 is 9.90 Å². The lowest BCUT2D eigenvalue weighted by Gasteiger charge is -2.42. The fourth-order valence-corrected chi connectivity index (χ4v) is 2.98. The Morgan fingerprint density at radius 3 is 2.37 bits per heavy atom. The zero-order valence-corrected chi connectivity index (χ0v) is 11.8. The molecule has 6 nitrogen and oxygen atoms in total. The molecule has 0 bridgehead atoms. The van der Waals surface area contributed by atoms with Crippen molar-refractivity contribution in [2.45, 2.75) is 64.1 Å². The first-order valence-corrected chi connectivity index (χ1v) is 6.76. The van der Waals surface area contributed by atoms with Crippen molar-refractivity contribution in [3.63, 3.8) is 0 Å². The van der Waals surface area contributed by atoms with Crippen LogP contribution in [-0.4, -0.2) is 42.4 Å². The Bertz CT molecular complexity index is 416. The van der Waals surface area contributed by atoms with E-state index in [0.29, 0.717) is 6.04 Å². The summed E-state index contributed by atoms with van der Waals surface area (Å²) in [7, 11) is 0. The van der Waals surface area contributed by atoms with E-state index >= 15 is 0 Å². The molecule has 0 aliphatic heterocycles. The number of carbonyl (C=O) groups is 1. The van der Waals surface area contributed by atoms with Gasteiger partial charge in [0.05, 0.1) is 6.04 Å². The van der Waals surface area contributed by atoms with Gasteiger partial charge in [0, 0.05) is 11.6 Å². The first-order chi connectivity index (χ1) is 8.89. The summed E-state index contributed by atoms with van der Waals surface area (Å²) < 4.78 is 1.89. The molecule has 1 saturated carbocycles. The van der Waals surface area contributed by atoms with Crippen LogP contribution in [0.2, 0.25) is 0 Å². The van der Waals surface area contributed by atoms with Gasteiger partial charge in [0.25, 0.3) is 0 Å². The molecule has 0 atom stereocenters. The average Bonchev–Trinajstić information content (AvgIpc) is 2.81. The van der Waals surface area contributed by atoms with E-state index < -0.39 is 6.09 Å². The molecule has 0 radical (unpaired) electrons. The topological polar surface area (TPSA) is 71.2 Å². The molecule has 1 aliphatic rings. The Morgan fingerprint density at radius 1 is 1.32 bits per heavy atom. The lowest BCUT2D eigenvalue weighted by Crippen LogP contribution is -2.52. The summed E-state index contributed by atoms with van der Waals surface area (Å²) in [6.07, 6.45) is 6.13. The van der Waals surface area contributed by atoms with Gasteiger partial charge in [-0.1, -0.05) is 0 Å². The van der Waals surface area contributed by atoms with E-state index in [0.717, 1.165) is 25.7 Å². The molecule has 1 aromatic rings. The molecule has 0 spiro atoms. The zero-order chi connectivity index (χ0) is 14.0. The molecule has 2 rings (SSSR count). The molecule has 1 N–H and O–H groups in total. The van der Waals surface area contributed by atoms with E-state index in [1.165, 1.54) is 0 Å². The van der Waals surface area contributed by atoms with Gasteiger partial charge in [0.15, 0.2) is 0 Å². The summed E-state index contributed by atoms with van der Waals surface area (Å²) in [6.45, 7) is 5.85. The predicted octanol–water partition coefficient (Wildman–Crippen LogP) is 2.54. The maximum atomic E-state index is 11.5. The molecule has 1 amide bonds. The van der Waals surface area contributed by atoms with Crippen LogP contribution < -0.4 is 0 Å². The maximum absolute atomic E-state index is 11.5. The van der Waals surface area contributed by atoms with E-state index in [1.54, 1.807) is 17.6 Å². The second-order valence-electron chi connectivity index (χ2n) is 6.16. The van der Waals surface area contributed by atoms with Gasteiger partial charge in [-0.2, -0.15) is 5.10 Å².